The lowest BCUT2D eigenvalue weighted by Gasteiger charge is -2.16. The second-order valence-electron chi connectivity index (χ2n) is 3.01. The van der Waals surface area contributed by atoms with Crippen molar-refractivity contribution in [2.75, 3.05) is 0 Å². The Bertz CT molecular complexity index is 401. The third-order valence-electron chi connectivity index (χ3n) is 1.89. The van der Waals surface area contributed by atoms with Crippen molar-refractivity contribution in [3.05, 3.63) is 32.5 Å². The summed E-state index contributed by atoms with van der Waals surface area (Å²) in [5.41, 5.74) is -0.293. The molecular formula is C9H7Br2FO4. The number of carboxylic acids is 1. The quantitative estimate of drug-likeness (QED) is 0.771. The fraction of sp³-hybridized carbons (Fsp3) is 0.222. The fourth-order valence-electron chi connectivity index (χ4n) is 1.13. The minimum atomic E-state index is -2.08. The third-order valence-corrected chi connectivity index (χ3v) is 3.01. The summed E-state index contributed by atoms with van der Waals surface area (Å²) in [7, 11) is 0. The summed E-state index contributed by atoms with van der Waals surface area (Å²) < 4.78 is 14.1. The number of halogens is 3. The number of hydrogen-bond acceptors (Lipinski definition) is 3. The average Bonchev–Trinajstić information content (AvgIpc) is 2.14. The Balaban J connectivity index is 3.18. The molecule has 1 rings (SSSR count). The first kappa shape index (κ1) is 13.6. The molecule has 0 spiro atoms. The largest absolute Gasteiger partial charge is 0.479 e. The lowest BCUT2D eigenvalue weighted by molar-refractivity contribution is -0.153. The molecule has 0 bridgehead atoms. The van der Waals surface area contributed by atoms with Gasteiger partial charge < -0.3 is 15.3 Å². The van der Waals surface area contributed by atoms with Crippen LogP contribution < -0.4 is 0 Å². The fourth-order valence-corrected chi connectivity index (χ4v) is 2.54. The van der Waals surface area contributed by atoms with E-state index in [1.807, 2.05) is 0 Å². The summed E-state index contributed by atoms with van der Waals surface area (Å²) >= 11 is 6.01. The second kappa shape index (κ2) is 5.22. The zero-order valence-electron chi connectivity index (χ0n) is 7.69. The van der Waals surface area contributed by atoms with Gasteiger partial charge in [0.2, 0.25) is 0 Å². The van der Waals surface area contributed by atoms with Crippen molar-refractivity contribution in [1.29, 1.82) is 0 Å². The highest BCUT2D eigenvalue weighted by Gasteiger charge is 2.29. The molecule has 7 heteroatoms. The maximum Gasteiger partial charge on any atom is 0.335 e. The van der Waals surface area contributed by atoms with Crippen LogP contribution in [0.25, 0.3) is 0 Å². The summed E-state index contributed by atoms with van der Waals surface area (Å²) in [5, 5.41) is 27.1. The molecule has 0 aromatic heterocycles. The first-order valence-corrected chi connectivity index (χ1v) is 5.66. The van der Waals surface area contributed by atoms with Crippen molar-refractivity contribution < 1.29 is 24.5 Å². The highest BCUT2D eigenvalue weighted by atomic mass is 79.9. The van der Waals surface area contributed by atoms with Crippen molar-refractivity contribution in [2.45, 2.75) is 12.2 Å². The number of carboxylic acid groups (broad SMARTS) is 1. The smallest absolute Gasteiger partial charge is 0.335 e. The van der Waals surface area contributed by atoms with E-state index in [2.05, 4.69) is 31.9 Å². The van der Waals surface area contributed by atoms with Crippen molar-refractivity contribution in [1.82, 2.24) is 0 Å². The van der Waals surface area contributed by atoms with Crippen molar-refractivity contribution >= 4 is 37.8 Å². The lowest BCUT2D eigenvalue weighted by Crippen LogP contribution is -2.28. The van der Waals surface area contributed by atoms with Crippen LogP contribution in [-0.2, 0) is 4.79 Å². The summed E-state index contributed by atoms with van der Waals surface area (Å²) in [6.45, 7) is 0. The van der Waals surface area contributed by atoms with Crippen LogP contribution in [0.4, 0.5) is 4.39 Å². The highest BCUT2D eigenvalue weighted by Crippen LogP contribution is 2.31. The topological polar surface area (TPSA) is 77.8 Å². The zero-order valence-corrected chi connectivity index (χ0v) is 10.9. The normalized spacial score (nSPS) is 14.6. The van der Waals surface area contributed by atoms with Gasteiger partial charge in [-0.2, -0.15) is 0 Å². The van der Waals surface area contributed by atoms with Gasteiger partial charge >= 0.3 is 5.97 Å². The number of benzene rings is 1. The van der Waals surface area contributed by atoms with Gasteiger partial charge in [0.05, 0.1) is 0 Å². The predicted octanol–water partition coefficient (Wildman–Crippen LogP) is 1.83. The van der Waals surface area contributed by atoms with Crippen LogP contribution in [0.5, 0.6) is 0 Å². The first-order valence-electron chi connectivity index (χ1n) is 4.08. The van der Waals surface area contributed by atoms with Crippen LogP contribution in [-0.4, -0.2) is 27.4 Å². The van der Waals surface area contributed by atoms with Gasteiger partial charge in [0, 0.05) is 14.5 Å². The van der Waals surface area contributed by atoms with Crippen molar-refractivity contribution in [3.8, 4) is 0 Å². The molecule has 0 saturated carbocycles. The van der Waals surface area contributed by atoms with E-state index in [9.17, 15) is 14.3 Å². The van der Waals surface area contributed by atoms with Gasteiger partial charge in [-0.15, -0.1) is 0 Å². The summed E-state index contributed by atoms with van der Waals surface area (Å²) in [5.74, 6) is -2.43. The van der Waals surface area contributed by atoms with Crippen LogP contribution in [0.2, 0.25) is 0 Å². The molecular weight excluding hydrogens is 351 g/mol. The molecule has 2 unspecified atom stereocenters. The molecule has 1 aromatic rings. The number of carbonyl (C=O) groups is 1. The molecule has 2 atom stereocenters. The Morgan fingerprint density at radius 2 is 1.88 bits per heavy atom. The van der Waals surface area contributed by atoms with Gasteiger partial charge in [0.1, 0.15) is 11.9 Å². The molecule has 0 radical (unpaired) electrons. The van der Waals surface area contributed by atoms with Crippen LogP contribution in [0, 0.1) is 5.82 Å². The van der Waals surface area contributed by atoms with Gasteiger partial charge in [-0.25, -0.2) is 9.18 Å². The minimum absolute atomic E-state index is 0.173. The molecule has 0 heterocycles. The molecule has 16 heavy (non-hydrogen) atoms. The van der Waals surface area contributed by atoms with Crippen LogP contribution in [0.1, 0.15) is 11.7 Å². The minimum Gasteiger partial charge on any atom is -0.479 e. The predicted molar refractivity (Wildman–Crippen MR) is 60.4 cm³/mol. The lowest BCUT2D eigenvalue weighted by atomic mass is 10.0. The Labute approximate surface area is 107 Å². The molecule has 0 saturated heterocycles. The summed E-state index contributed by atoms with van der Waals surface area (Å²) in [6, 6.07) is 2.51. The van der Waals surface area contributed by atoms with Crippen LogP contribution in [0.3, 0.4) is 0 Å². The second-order valence-corrected chi connectivity index (χ2v) is 4.78. The molecule has 0 aliphatic carbocycles. The van der Waals surface area contributed by atoms with Crippen molar-refractivity contribution in [2.24, 2.45) is 0 Å². The van der Waals surface area contributed by atoms with Gasteiger partial charge in [-0.3, -0.25) is 0 Å². The van der Waals surface area contributed by atoms with Gasteiger partial charge in [0.15, 0.2) is 6.10 Å². The molecule has 1 aromatic carbocycles. The molecule has 0 aliphatic rings. The zero-order chi connectivity index (χ0) is 12.5. The SMILES string of the molecule is O=C(O)C(O)C(O)c1c(F)cc(Br)cc1Br. The average molecular weight is 358 g/mol. The summed E-state index contributed by atoms with van der Waals surface area (Å²) in [4.78, 5) is 10.4. The molecule has 3 N–H and O–H groups in total. The molecule has 0 fully saturated rings. The van der Waals surface area contributed by atoms with E-state index in [1.54, 1.807) is 0 Å². The Hall–Kier alpha value is -0.500. The Morgan fingerprint density at radius 3 is 2.31 bits per heavy atom. The van der Waals surface area contributed by atoms with E-state index in [0.29, 0.717) is 4.47 Å². The van der Waals surface area contributed by atoms with E-state index in [4.69, 9.17) is 10.2 Å². The molecule has 0 amide bonds. The highest BCUT2D eigenvalue weighted by molar-refractivity contribution is 9.11. The van der Waals surface area contributed by atoms with Crippen molar-refractivity contribution in [3.63, 3.8) is 0 Å². The van der Waals surface area contributed by atoms with Gasteiger partial charge in [-0.1, -0.05) is 31.9 Å². The summed E-state index contributed by atoms with van der Waals surface area (Å²) in [6.07, 6.45) is -3.91. The first-order chi connectivity index (χ1) is 7.34. The van der Waals surface area contributed by atoms with Gasteiger partial charge in [-0.05, 0) is 12.1 Å². The van der Waals surface area contributed by atoms with Crippen LogP contribution >= 0.6 is 31.9 Å². The third kappa shape index (κ3) is 2.79. The van der Waals surface area contributed by atoms with E-state index in [0.717, 1.165) is 6.07 Å². The number of hydrogen-bond donors (Lipinski definition) is 3. The van der Waals surface area contributed by atoms with E-state index in [-0.39, 0.29) is 10.0 Å². The molecule has 0 aliphatic heterocycles. The maximum atomic E-state index is 13.5. The van der Waals surface area contributed by atoms with Crippen LogP contribution in [0.15, 0.2) is 21.1 Å². The number of aliphatic hydroxyl groups is 2. The molecule has 88 valence electrons. The molecule has 4 nitrogen and oxygen atoms in total. The Kier molecular flexibility index (Phi) is 4.43. The maximum absolute atomic E-state index is 13.5. The van der Waals surface area contributed by atoms with E-state index in [1.165, 1.54) is 6.07 Å². The standard InChI is InChI=1S/C9H7Br2FO4/c10-3-1-4(11)6(5(12)2-3)7(13)8(14)9(15)16/h1-2,7-8,13-14H,(H,15,16). The number of aliphatic carboxylic acids is 1. The van der Waals surface area contributed by atoms with Gasteiger partial charge in [0.25, 0.3) is 0 Å². The Morgan fingerprint density at radius 1 is 1.31 bits per heavy atom. The number of aliphatic hydroxyl groups excluding tert-OH is 2. The van der Waals surface area contributed by atoms with E-state index >= 15 is 0 Å². The van der Waals surface area contributed by atoms with E-state index < -0.39 is 24.0 Å². The number of rotatable bonds is 3. The monoisotopic (exact) mass is 356 g/mol.